The highest BCUT2D eigenvalue weighted by Gasteiger charge is 2.25. The topological polar surface area (TPSA) is 120 Å². The number of nitrogens with zero attached hydrogens (tertiary/aromatic N) is 5. The summed E-state index contributed by atoms with van der Waals surface area (Å²) in [5, 5.41) is 13.1. The number of nitrogens with one attached hydrogen (secondary N) is 4. The number of urea groups is 1. The number of amides is 2. The van der Waals surface area contributed by atoms with E-state index in [1.54, 1.807) is 24.7 Å². The fraction of sp³-hybridized carbons (Fsp3) is 0.222. The number of anilines is 6. The van der Waals surface area contributed by atoms with Crippen LogP contribution < -0.4 is 26.2 Å². The molecule has 2 aromatic heterocycles. The first kappa shape index (κ1) is 23.9. The summed E-state index contributed by atoms with van der Waals surface area (Å²) in [5.41, 5.74) is 4.63. The summed E-state index contributed by atoms with van der Waals surface area (Å²) in [6, 6.07) is 15.5. The van der Waals surface area contributed by atoms with Crippen molar-refractivity contribution in [3.63, 3.8) is 0 Å². The van der Waals surface area contributed by atoms with Crippen LogP contribution in [0.25, 0.3) is 0 Å². The zero-order valence-corrected chi connectivity index (χ0v) is 21.2. The molecule has 192 valence electrons. The molecule has 2 aliphatic heterocycles. The molecule has 4 heterocycles. The Labute approximate surface area is 224 Å². The second-order valence-electron chi connectivity index (χ2n) is 9.29. The van der Waals surface area contributed by atoms with Crippen molar-refractivity contribution in [3.05, 3.63) is 83.3 Å². The Morgan fingerprint density at radius 3 is 2.76 bits per heavy atom. The van der Waals surface area contributed by atoms with E-state index in [0.717, 1.165) is 54.0 Å². The third kappa shape index (κ3) is 5.45. The Morgan fingerprint density at radius 2 is 1.87 bits per heavy atom. The van der Waals surface area contributed by atoms with Gasteiger partial charge in [-0.2, -0.15) is 4.98 Å². The molecule has 6 bridgehead atoms. The molecule has 2 aliphatic rings. The number of aromatic nitrogens is 4. The minimum atomic E-state index is -0.236. The largest absolute Gasteiger partial charge is 0.339 e. The van der Waals surface area contributed by atoms with Crippen LogP contribution in [0.5, 0.6) is 0 Å². The van der Waals surface area contributed by atoms with E-state index in [1.165, 1.54) is 0 Å². The maximum Gasteiger partial charge on any atom is 0.319 e. The summed E-state index contributed by atoms with van der Waals surface area (Å²) in [7, 11) is 0. The van der Waals surface area contributed by atoms with E-state index >= 15 is 0 Å². The van der Waals surface area contributed by atoms with Gasteiger partial charge < -0.3 is 26.2 Å². The van der Waals surface area contributed by atoms with Crippen molar-refractivity contribution < 1.29 is 4.79 Å². The molecule has 0 aliphatic carbocycles. The number of carbonyl (C=O) groups is 1. The number of hydrogen-bond acceptors (Lipinski definition) is 8. The van der Waals surface area contributed by atoms with E-state index in [4.69, 9.17) is 11.6 Å². The molecule has 1 fully saturated rings. The van der Waals surface area contributed by atoms with E-state index in [1.807, 2.05) is 30.3 Å². The van der Waals surface area contributed by atoms with Crippen LogP contribution in [0.1, 0.15) is 17.5 Å². The van der Waals surface area contributed by atoms with E-state index < -0.39 is 0 Å². The molecule has 2 amide bonds. The molecule has 0 unspecified atom stereocenters. The molecular weight excluding hydrogens is 502 g/mol. The monoisotopic (exact) mass is 527 g/mol. The van der Waals surface area contributed by atoms with Crippen LogP contribution in [-0.4, -0.2) is 45.1 Å². The van der Waals surface area contributed by atoms with Gasteiger partial charge in [0, 0.05) is 48.6 Å². The van der Waals surface area contributed by atoms with Crippen molar-refractivity contribution >= 4 is 52.4 Å². The van der Waals surface area contributed by atoms with Crippen molar-refractivity contribution in [3.8, 4) is 0 Å². The van der Waals surface area contributed by atoms with Gasteiger partial charge in [0.15, 0.2) is 5.82 Å². The molecule has 1 atom stereocenters. The van der Waals surface area contributed by atoms with Crippen LogP contribution in [-0.2, 0) is 12.8 Å². The third-order valence-corrected chi connectivity index (χ3v) is 6.86. The molecule has 0 saturated carbocycles. The van der Waals surface area contributed by atoms with Gasteiger partial charge in [-0.1, -0.05) is 23.7 Å². The van der Waals surface area contributed by atoms with Gasteiger partial charge in [0.25, 0.3) is 0 Å². The minimum Gasteiger partial charge on any atom is -0.339 e. The summed E-state index contributed by atoms with van der Waals surface area (Å²) in [6.07, 6.45) is 7.37. The van der Waals surface area contributed by atoms with Gasteiger partial charge in [-0.25, -0.2) is 19.7 Å². The number of fused-ring (bicyclic) bond motifs is 6. The van der Waals surface area contributed by atoms with Crippen molar-refractivity contribution in [1.29, 1.82) is 0 Å². The van der Waals surface area contributed by atoms with Crippen LogP contribution in [0.4, 0.5) is 39.6 Å². The van der Waals surface area contributed by atoms with Crippen LogP contribution >= 0.6 is 11.6 Å². The average Bonchev–Trinajstić information content (AvgIpc) is 3.39. The Kier molecular flexibility index (Phi) is 6.62. The Morgan fingerprint density at radius 1 is 1.00 bits per heavy atom. The van der Waals surface area contributed by atoms with E-state index in [9.17, 15) is 4.79 Å². The van der Waals surface area contributed by atoms with Crippen LogP contribution in [0.3, 0.4) is 0 Å². The second-order valence-corrected chi connectivity index (χ2v) is 9.70. The highest BCUT2D eigenvalue weighted by Crippen LogP contribution is 2.29. The molecule has 1 saturated heterocycles. The molecule has 11 heteroatoms. The Balaban J connectivity index is 1.21. The highest BCUT2D eigenvalue weighted by atomic mass is 35.5. The average molecular weight is 528 g/mol. The van der Waals surface area contributed by atoms with Gasteiger partial charge >= 0.3 is 6.03 Å². The van der Waals surface area contributed by atoms with Gasteiger partial charge in [0.2, 0.25) is 11.9 Å². The number of rotatable bonds is 3. The Bertz CT molecular complexity index is 1470. The van der Waals surface area contributed by atoms with Gasteiger partial charge in [-0.15, -0.1) is 0 Å². The number of hydrogen-bond donors (Lipinski definition) is 4. The normalized spacial score (nSPS) is 16.2. The summed E-state index contributed by atoms with van der Waals surface area (Å²) in [4.78, 5) is 32.5. The SMILES string of the molecule is O=C(Nc1ccc2cc1CCc1cccc(c1)Nc1ncc(Cl)c(n1)N2)N[C@H]1CCN(c2ncccn2)C1. The van der Waals surface area contributed by atoms with Crippen molar-refractivity contribution in [2.24, 2.45) is 0 Å². The number of benzene rings is 2. The van der Waals surface area contributed by atoms with Crippen molar-refractivity contribution in [2.75, 3.05) is 33.9 Å². The molecule has 4 N–H and O–H groups in total. The van der Waals surface area contributed by atoms with Crippen molar-refractivity contribution in [1.82, 2.24) is 25.3 Å². The summed E-state index contributed by atoms with van der Waals surface area (Å²) in [6.45, 7) is 1.46. The maximum atomic E-state index is 13.0. The fourth-order valence-corrected chi connectivity index (χ4v) is 4.86. The van der Waals surface area contributed by atoms with Gasteiger partial charge in [0.05, 0.1) is 6.20 Å². The lowest BCUT2D eigenvalue weighted by Gasteiger charge is -2.18. The zero-order chi connectivity index (χ0) is 25.9. The molecule has 6 rings (SSSR count). The summed E-state index contributed by atoms with van der Waals surface area (Å²) >= 11 is 6.37. The summed E-state index contributed by atoms with van der Waals surface area (Å²) in [5.74, 6) is 1.63. The van der Waals surface area contributed by atoms with E-state index in [2.05, 4.69) is 58.2 Å². The number of carbonyl (C=O) groups excluding carboxylic acids is 1. The van der Waals surface area contributed by atoms with E-state index in [0.29, 0.717) is 29.3 Å². The molecule has 0 radical (unpaired) electrons. The predicted octanol–water partition coefficient (Wildman–Crippen LogP) is 4.91. The molecule has 10 nitrogen and oxygen atoms in total. The Hall–Kier alpha value is -4.44. The van der Waals surface area contributed by atoms with Crippen LogP contribution in [0, 0.1) is 0 Å². The standard InChI is InChI=1S/C27H26ClN9O/c28-22-15-31-25-33-19-4-1-3-17(13-19)5-6-18-14-20(32-24(22)36-25)7-8-23(18)35-27(38)34-21-9-12-37(16-21)26-29-10-2-11-30-26/h1-4,7-8,10-11,13-15,21H,5-6,9,12,16H2,(H2,34,35,38)(H2,31,32,33,36)/t21-/m0/s1. The van der Waals surface area contributed by atoms with Crippen LogP contribution in [0.15, 0.2) is 67.1 Å². The minimum absolute atomic E-state index is 0.00847. The molecule has 0 spiro atoms. The summed E-state index contributed by atoms with van der Waals surface area (Å²) < 4.78 is 0. The molecular formula is C27H26ClN9O. The molecule has 4 aromatic rings. The van der Waals surface area contributed by atoms with Crippen LogP contribution in [0.2, 0.25) is 5.02 Å². The quantitative estimate of drug-likeness (QED) is 0.297. The lowest BCUT2D eigenvalue weighted by molar-refractivity contribution is 0.249. The molecule has 38 heavy (non-hydrogen) atoms. The van der Waals surface area contributed by atoms with Crippen molar-refractivity contribution in [2.45, 2.75) is 25.3 Å². The van der Waals surface area contributed by atoms with E-state index in [-0.39, 0.29) is 12.1 Å². The third-order valence-electron chi connectivity index (χ3n) is 6.58. The number of aryl methyl sites for hydroxylation is 2. The maximum absolute atomic E-state index is 13.0. The predicted molar refractivity (Wildman–Crippen MR) is 149 cm³/mol. The second kappa shape index (κ2) is 10.5. The first-order chi connectivity index (χ1) is 18.6. The smallest absolute Gasteiger partial charge is 0.319 e. The molecule has 2 aromatic carbocycles. The fourth-order valence-electron chi connectivity index (χ4n) is 4.72. The lowest BCUT2D eigenvalue weighted by atomic mass is 10.0. The lowest BCUT2D eigenvalue weighted by Crippen LogP contribution is -2.40. The van der Waals surface area contributed by atoms with Gasteiger partial charge in [-0.05, 0) is 66.8 Å². The highest BCUT2D eigenvalue weighted by molar-refractivity contribution is 6.32. The first-order valence-electron chi connectivity index (χ1n) is 12.5. The van der Waals surface area contributed by atoms with Gasteiger partial charge in [0.1, 0.15) is 5.02 Å². The number of halogens is 1. The first-order valence-corrected chi connectivity index (χ1v) is 12.8. The van der Waals surface area contributed by atoms with Gasteiger partial charge in [-0.3, -0.25) is 0 Å². The zero-order valence-electron chi connectivity index (χ0n) is 20.5.